The van der Waals surface area contributed by atoms with Crippen molar-refractivity contribution in [2.24, 2.45) is 0 Å². The number of carbonyl (C=O) groups is 2. The normalized spacial score (nSPS) is 11.3. The van der Waals surface area contributed by atoms with Gasteiger partial charge in [0.25, 0.3) is 0 Å². The van der Waals surface area contributed by atoms with Crippen LogP contribution in [0, 0.1) is 0 Å². The molecule has 4 heteroatoms. The number of ketones is 2. The molecule has 3 N–H and O–H groups in total. The number of carbonyl (C=O) groups excluding carboxylic acids is 2. The van der Waals surface area contributed by atoms with Crippen LogP contribution in [-0.4, -0.2) is 22.1 Å². The van der Waals surface area contributed by atoms with Crippen LogP contribution in [0.5, 0.6) is 5.75 Å². The average molecular weight is 320 g/mol. The summed E-state index contributed by atoms with van der Waals surface area (Å²) in [7, 11) is 0. The minimum absolute atomic E-state index is 0. The van der Waals surface area contributed by atoms with Crippen LogP contribution >= 0.6 is 0 Å². The average Bonchev–Trinajstić information content (AvgIpc) is 2.61. The number of benzene rings is 3. The predicted octanol–water partition coefficient (Wildman–Crippen LogP) is 3.03. The fourth-order valence-corrected chi connectivity index (χ4v) is 2.48. The van der Waals surface area contributed by atoms with E-state index in [1.54, 1.807) is 72.8 Å². The molecule has 1 aliphatic carbocycles. The van der Waals surface area contributed by atoms with Crippen molar-refractivity contribution in [2.75, 3.05) is 0 Å². The lowest BCUT2D eigenvalue weighted by atomic mass is 9.84. The van der Waals surface area contributed by atoms with Crippen molar-refractivity contribution in [1.29, 1.82) is 0 Å². The summed E-state index contributed by atoms with van der Waals surface area (Å²) in [6, 6.07) is 22.6. The molecule has 0 aromatic heterocycles. The van der Waals surface area contributed by atoms with Crippen LogP contribution in [0.15, 0.2) is 78.9 Å². The fourth-order valence-electron chi connectivity index (χ4n) is 2.48. The maximum atomic E-state index is 12.1. The quantitative estimate of drug-likeness (QED) is 0.540. The molecule has 4 nitrogen and oxygen atoms in total. The fraction of sp³-hybridized carbons (Fsp3) is 0. The lowest BCUT2D eigenvalue weighted by Gasteiger charge is -2.16. The van der Waals surface area contributed by atoms with Gasteiger partial charge in [0.2, 0.25) is 0 Å². The van der Waals surface area contributed by atoms with E-state index < -0.39 is 0 Å². The monoisotopic (exact) mass is 320 g/mol. The van der Waals surface area contributed by atoms with E-state index >= 15 is 0 Å². The van der Waals surface area contributed by atoms with Crippen molar-refractivity contribution in [3.63, 3.8) is 0 Å². The van der Waals surface area contributed by atoms with Gasteiger partial charge in [-0.15, -0.1) is 0 Å². The molecule has 0 amide bonds. The first-order valence-corrected chi connectivity index (χ1v) is 7.20. The second kappa shape index (κ2) is 7.35. The summed E-state index contributed by atoms with van der Waals surface area (Å²) in [6.07, 6.45) is 0. The first-order chi connectivity index (χ1) is 11.2. The van der Waals surface area contributed by atoms with E-state index in [2.05, 4.69) is 0 Å². The first-order valence-electron chi connectivity index (χ1n) is 7.20. The van der Waals surface area contributed by atoms with Crippen molar-refractivity contribution >= 4 is 11.6 Å². The van der Waals surface area contributed by atoms with Gasteiger partial charge in [-0.3, -0.25) is 9.59 Å². The lowest BCUT2D eigenvalue weighted by Crippen LogP contribution is -2.20. The maximum absolute atomic E-state index is 12.1. The highest BCUT2D eigenvalue weighted by Gasteiger charge is 2.28. The molecule has 0 bridgehead atoms. The third-order valence-electron chi connectivity index (χ3n) is 3.59. The van der Waals surface area contributed by atoms with Gasteiger partial charge in [0.15, 0.2) is 11.6 Å². The number of hydrogen-bond acceptors (Lipinski definition) is 3. The van der Waals surface area contributed by atoms with E-state index in [0.717, 1.165) is 0 Å². The van der Waals surface area contributed by atoms with E-state index in [1.165, 1.54) is 0 Å². The largest absolute Gasteiger partial charge is 0.508 e. The Morgan fingerprint density at radius 2 is 0.792 bits per heavy atom. The lowest BCUT2D eigenvalue weighted by molar-refractivity contribution is 0.0979. The van der Waals surface area contributed by atoms with Gasteiger partial charge in [-0.2, -0.15) is 0 Å². The van der Waals surface area contributed by atoms with E-state index in [4.69, 9.17) is 5.11 Å². The zero-order valence-electron chi connectivity index (χ0n) is 12.8. The summed E-state index contributed by atoms with van der Waals surface area (Å²) in [5.74, 6) is 0.194. The number of para-hydroxylation sites is 1. The van der Waals surface area contributed by atoms with E-state index in [0.29, 0.717) is 28.0 Å². The van der Waals surface area contributed by atoms with Gasteiger partial charge in [-0.25, -0.2) is 0 Å². The minimum Gasteiger partial charge on any atom is -0.508 e. The molecule has 0 saturated carbocycles. The van der Waals surface area contributed by atoms with E-state index in [1.807, 2.05) is 6.07 Å². The Kier molecular flexibility index (Phi) is 5.24. The van der Waals surface area contributed by atoms with Crippen molar-refractivity contribution in [2.45, 2.75) is 0 Å². The number of phenolic OH excluding ortho intramolecular Hbond substituents is 1. The molecular formula is C20H16O4. The molecule has 0 radical (unpaired) electrons. The number of rotatable bonds is 0. The molecule has 24 heavy (non-hydrogen) atoms. The number of aromatic hydroxyl groups is 1. The SMILES string of the molecule is O.O=C1c2ccccc2C(=O)c2ccccc21.Oc1ccccc1. The summed E-state index contributed by atoms with van der Waals surface area (Å²) >= 11 is 0. The molecule has 4 rings (SSSR count). The van der Waals surface area contributed by atoms with Crippen LogP contribution in [0.4, 0.5) is 0 Å². The summed E-state index contributed by atoms with van der Waals surface area (Å²) in [4.78, 5) is 24.2. The predicted molar refractivity (Wildman–Crippen MR) is 91.5 cm³/mol. The zero-order chi connectivity index (χ0) is 16.2. The second-order valence-corrected chi connectivity index (χ2v) is 5.08. The topological polar surface area (TPSA) is 85.9 Å². The minimum atomic E-state index is -0.0641. The molecule has 0 fully saturated rings. The van der Waals surface area contributed by atoms with Gasteiger partial charge < -0.3 is 10.6 Å². The Bertz CT molecular complexity index is 764. The van der Waals surface area contributed by atoms with E-state index in [-0.39, 0.29) is 17.0 Å². The highest BCUT2D eigenvalue weighted by molar-refractivity contribution is 6.28. The van der Waals surface area contributed by atoms with Gasteiger partial charge in [0.05, 0.1) is 0 Å². The third-order valence-corrected chi connectivity index (χ3v) is 3.59. The molecule has 0 atom stereocenters. The molecule has 0 heterocycles. The Morgan fingerprint density at radius 1 is 0.500 bits per heavy atom. The number of hydrogen-bond donors (Lipinski definition) is 1. The first kappa shape index (κ1) is 17.1. The number of fused-ring (bicyclic) bond motifs is 2. The molecule has 0 spiro atoms. The standard InChI is InChI=1S/C14H8O2.C6H6O.H2O/c15-13-9-5-1-2-6-10(9)14(16)12-8-4-3-7-11(12)13;7-6-4-2-1-3-5-6;/h1-8H;1-5,7H;1H2. The van der Waals surface area contributed by atoms with Crippen molar-refractivity contribution in [3.8, 4) is 5.75 Å². The molecule has 3 aromatic rings. The van der Waals surface area contributed by atoms with Crippen molar-refractivity contribution in [3.05, 3.63) is 101 Å². The smallest absolute Gasteiger partial charge is 0.194 e. The van der Waals surface area contributed by atoms with Gasteiger partial charge in [-0.05, 0) is 12.1 Å². The van der Waals surface area contributed by atoms with E-state index in [9.17, 15) is 9.59 Å². The van der Waals surface area contributed by atoms with Crippen LogP contribution in [0.25, 0.3) is 0 Å². The Labute approximate surface area is 139 Å². The molecule has 0 unspecified atom stereocenters. The summed E-state index contributed by atoms with van der Waals surface area (Å²) in [5.41, 5.74) is 2.02. The molecule has 3 aromatic carbocycles. The van der Waals surface area contributed by atoms with Crippen LogP contribution in [0.2, 0.25) is 0 Å². The van der Waals surface area contributed by atoms with Gasteiger partial charge in [0, 0.05) is 22.3 Å². The Hall–Kier alpha value is -3.24. The number of phenols is 1. The van der Waals surface area contributed by atoms with Crippen LogP contribution in [-0.2, 0) is 0 Å². The zero-order valence-corrected chi connectivity index (χ0v) is 12.8. The van der Waals surface area contributed by atoms with Crippen molar-refractivity contribution < 1.29 is 20.2 Å². The van der Waals surface area contributed by atoms with Crippen molar-refractivity contribution in [1.82, 2.24) is 0 Å². The van der Waals surface area contributed by atoms with Crippen LogP contribution in [0.3, 0.4) is 0 Å². The van der Waals surface area contributed by atoms with Crippen LogP contribution < -0.4 is 0 Å². The molecule has 0 saturated heterocycles. The molecule has 120 valence electrons. The molecule has 0 aliphatic heterocycles. The Morgan fingerprint density at radius 3 is 1.04 bits per heavy atom. The highest BCUT2D eigenvalue weighted by Crippen LogP contribution is 2.26. The van der Waals surface area contributed by atoms with Gasteiger partial charge in [-0.1, -0.05) is 66.7 Å². The summed E-state index contributed by atoms with van der Waals surface area (Å²) < 4.78 is 0. The Balaban J connectivity index is 0.000000222. The molecule has 1 aliphatic rings. The summed E-state index contributed by atoms with van der Waals surface area (Å²) in [5, 5.41) is 8.63. The summed E-state index contributed by atoms with van der Waals surface area (Å²) in [6.45, 7) is 0. The molecular weight excluding hydrogens is 304 g/mol. The van der Waals surface area contributed by atoms with Crippen LogP contribution in [0.1, 0.15) is 31.8 Å². The third kappa shape index (κ3) is 3.24. The van der Waals surface area contributed by atoms with Gasteiger partial charge in [0.1, 0.15) is 5.75 Å². The van der Waals surface area contributed by atoms with Gasteiger partial charge >= 0.3 is 0 Å². The maximum Gasteiger partial charge on any atom is 0.194 e. The highest BCUT2D eigenvalue weighted by atomic mass is 16.3. The second-order valence-electron chi connectivity index (χ2n) is 5.08.